The minimum Gasteiger partial charge on any atom is -0.345 e. The van der Waals surface area contributed by atoms with Gasteiger partial charge in [0.15, 0.2) is 0 Å². The molecule has 0 spiro atoms. The Labute approximate surface area is 191 Å². The van der Waals surface area contributed by atoms with Gasteiger partial charge in [-0.3, -0.25) is 9.10 Å². The monoisotopic (exact) mass is 450 g/mol. The summed E-state index contributed by atoms with van der Waals surface area (Å²) in [6, 6.07) is 22.5. The Morgan fingerprint density at radius 2 is 1.59 bits per heavy atom. The van der Waals surface area contributed by atoms with Crippen LogP contribution in [0, 0.1) is 13.8 Å². The Morgan fingerprint density at radius 1 is 0.938 bits per heavy atom. The van der Waals surface area contributed by atoms with E-state index in [1.165, 1.54) is 10.6 Å². The lowest BCUT2D eigenvalue weighted by atomic mass is 10.0. The van der Waals surface area contributed by atoms with Crippen molar-refractivity contribution < 1.29 is 13.2 Å². The van der Waals surface area contributed by atoms with Gasteiger partial charge >= 0.3 is 0 Å². The second-order valence-corrected chi connectivity index (χ2v) is 9.99. The summed E-state index contributed by atoms with van der Waals surface area (Å²) in [7, 11) is -3.47. The highest BCUT2D eigenvalue weighted by Crippen LogP contribution is 2.24. The standard InChI is InChI=1S/C26H30N2O3S/c1-5-25(22-9-7-6-8-10-22)27-26(29)23-14-12-21(13-15-23)18-28(32(4,30)31)24-16-11-19(2)20(3)17-24/h6-17,25H,5,18H2,1-4H3,(H,27,29). The lowest BCUT2D eigenvalue weighted by Crippen LogP contribution is -2.29. The van der Waals surface area contributed by atoms with Crippen LogP contribution in [0.3, 0.4) is 0 Å². The summed E-state index contributed by atoms with van der Waals surface area (Å²) < 4.78 is 26.3. The molecule has 0 aliphatic carbocycles. The zero-order valence-electron chi connectivity index (χ0n) is 19.0. The number of anilines is 1. The summed E-state index contributed by atoms with van der Waals surface area (Å²) in [5, 5.41) is 3.08. The van der Waals surface area contributed by atoms with E-state index in [1.54, 1.807) is 24.3 Å². The van der Waals surface area contributed by atoms with Crippen LogP contribution in [0.2, 0.25) is 0 Å². The number of carbonyl (C=O) groups excluding carboxylic acids is 1. The van der Waals surface area contributed by atoms with Crippen molar-refractivity contribution in [2.24, 2.45) is 0 Å². The van der Waals surface area contributed by atoms with Crippen molar-refractivity contribution in [3.63, 3.8) is 0 Å². The largest absolute Gasteiger partial charge is 0.345 e. The second-order valence-electron chi connectivity index (χ2n) is 8.08. The van der Waals surface area contributed by atoms with Crippen LogP contribution in [0.5, 0.6) is 0 Å². The highest BCUT2D eigenvalue weighted by atomic mass is 32.2. The van der Waals surface area contributed by atoms with Gasteiger partial charge in [-0.25, -0.2) is 8.42 Å². The smallest absolute Gasteiger partial charge is 0.251 e. The summed E-state index contributed by atoms with van der Waals surface area (Å²) in [4.78, 5) is 12.8. The number of amides is 1. The van der Waals surface area contributed by atoms with Gasteiger partial charge in [-0.2, -0.15) is 0 Å². The molecule has 0 aliphatic rings. The molecule has 6 heteroatoms. The molecule has 0 fully saturated rings. The molecule has 0 saturated heterocycles. The Bertz CT molecular complexity index is 1170. The predicted octanol–water partition coefficient (Wildman–Crippen LogP) is 5.15. The normalized spacial score (nSPS) is 12.2. The molecule has 1 N–H and O–H groups in total. The van der Waals surface area contributed by atoms with E-state index in [4.69, 9.17) is 0 Å². The van der Waals surface area contributed by atoms with Crippen LogP contribution in [0.4, 0.5) is 5.69 Å². The second kappa shape index (κ2) is 10.0. The average molecular weight is 451 g/mol. The van der Waals surface area contributed by atoms with Gasteiger partial charge in [-0.05, 0) is 66.8 Å². The zero-order chi connectivity index (χ0) is 23.3. The average Bonchev–Trinajstić information content (AvgIpc) is 2.78. The van der Waals surface area contributed by atoms with E-state index in [0.717, 1.165) is 28.7 Å². The molecule has 168 valence electrons. The number of benzene rings is 3. The fraction of sp³-hybridized carbons (Fsp3) is 0.269. The molecular weight excluding hydrogens is 420 g/mol. The number of nitrogens with zero attached hydrogens (tertiary/aromatic N) is 1. The molecule has 0 heterocycles. The van der Waals surface area contributed by atoms with Crippen LogP contribution >= 0.6 is 0 Å². The van der Waals surface area contributed by atoms with Gasteiger partial charge in [0.1, 0.15) is 0 Å². The zero-order valence-corrected chi connectivity index (χ0v) is 19.8. The number of nitrogens with one attached hydrogen (secondary N) is 1. The Kier molecular flexibility index (Phi) is 7.36. The molecule has 3 aromatic carbocycles. The lowest BCUT2D eigenvalue weighted by Gasteiger charge is -2.23. The minimum absolute atomic E-state index is 0.0612. The van der Waals surface area contributed by atoms with Gasteiger partial charge in [-0.1, -0.05) is 55.5 Å². The van der Waals surface area contributed by atoms with Crippen molar-refractivity contribution in [2.75, 3.05) is 10.6 Å². The summed E-state index contributed by atoms with van der Waals surface area (Å²) in [5.74, 6) is -0.151. The fourth-order valence-corrected chi connectivity index (χ4v) is 4.44. The van der Waals surface area contributed by atoms with E-state index in [-0.39, 0.29) is 18.5 Å². The number of aryl methyl sites for hydroxylation is 2. The van der Waals surface area contributed by atoms with Crippen molar-refractivity contribution in [3.05, 3.63) is 101 Å². The first-order valence-corrected chi connectivity index (χ1v) is 12.5. The van der Waals surface area contributed by atoms with Crippen LogP contribution in [0.25, 0.3) is 0 Å². The van der Waals surface area contributed by atoms with Gasteiger partial charge in [-0.15, -0.1) is 0 Å². The summed E-state index contributed by atoms with van der Waals surface area (Å²) in [6.45, 7) is 6.19. The molecule has 5 nitrogen and oxygen atoms in total. The van der Waals surface area contributed by atoms with Crippen molar-refractivity contribution in [2.45, 2.75) is 39.8 Å². The van der Waals surface area contributed by atoms with Crippen molar-refractivity contribution >= 4 is 21.6 Å². The van der Waals surface area contributed by atoms with Crippen LogP contribution in [0.15, 0.2) is 72.8 Å². The molecule has 0 aromatic heterocycles. The summed E-state index contributed by atoms with van der Waals surface area (Å²) >= 11 is 0. The Balaban J connectivity index is 1.76. The molecule has 0 radical (unpaired) electrons. The first-order valence-electron chi connectivity index (χ1n) is 10.7. The number of carbonyl (C=O) groups is 1. The number of hydrogen-bond acceptors (Lipinski definition) is 3. The molecule has 0 bridgehead atoms. The quantitative estimate of drug-likeness (QED) is 0.516. The lowest BCUT2D eigenvalue weighted by molar-refractivity contribution is 0.0935. The molecule has 0 saturated carbocycles. The third-order valence-corrected chi connectivity index (χ3v) is 6.78. The fourth-order valence-electron chi connectivity index (χ4n) is 3.56. The van der Waals surface area contributed by atoms with Crippen molar-refractivity contribution in [1.29, 1.82) is 0 Å². The van der Waals surface area contributed by atoms with Crippen LogP contribution in [-0.2, 0) is 16.6 Å². The van der Waals surface area contributed by atoms with Crippen molar-refractivity contribution in [1.82, 2.24) is 5.32 Å². The minimum atomic E-state index is -3.47. The maximum absolute atomic E-state index is 12.8. The third kappa shape index (κ3) is 5.77. The molecule has 0 aliphatic heterocycles. The van der Waals surface area contributed by atoms with Gasteiger partial charge in [0.25, 0.3) is 5.91 Å². The highest BCUT2D eigenvalue weighted by Gasteiger charge is 2.19. The van der Waals surface area contributed by atoms with Gasteiger partial charge in [0, 0.05) is 5.56 Å². The third-order valence-electron chi connectivity index (χ3n) is 5.64. The van der Waals surface area contributed by atoms with E-state index in [9.17, 15) is 13.2 Å². The molecule has 32 heavy (non-hydrogen) atoms. The first-order chi connectivity index (χ1) is 15.2. The van der Waals surface area contributed by atoms with Gasteiger partial charge in [0.05, 0.1) is 24.5 Å². The van der Waals surface area contributed by atoms with E-state index in [1.807, 2.05) is 69.3 Å². The van der Waals surface area contributed by atoms with E-state index >= 15 is 0 Å². The Hall–Kier alpha value is -3.12. The molecule has 1 atom stereocenters. The summed E-state index contributed by atoms with van der Waals surface area (Å²) in [6.07, 6.45) is 1.99. The predicted molar refractivity (Wildman–Crippen MR) is 130 cm³/mol. The maximum atomic E-state index is 12.8. The van der Waals surface area contributed by atoms with Crippen LogP contribution in [0.1, 0.15) is 52.0 Å². The number of sulfonamides is 1. The molecule has 1 amide bonds. The van der Waals surface area contributed by atoms with Crippen molar-refractivity contribution in [3.8, 4) is 0 Å². The molecular formula is C26H30N2O3S. The van der Waals surface area contributed by atoms with E-state index < -0.39 is 10.0 Å². The number of hydrogen-bond donors (Lipinski definition) is 1. The summed E-state index contributed by atoms with van der Waals surface area (Å²) in [5.41, 5.74) is 5.19. The highest BCUT2D eigenvalue weighted by molar-refractivity contribution is 7.92. The number of rotatable bonds is 8. The Morgan fingerprint density at radius 3 is 2.16 bits per heavy atom. The van der Waals surface area contributed by atoms with Gasteiger partial charge in [0.2, 0.25) is 10.0 Å². The molecule has 3 rings (SSSR count). The van der Waals surface area contributed by atoms with Gasteiger partial charge < -0.3 is 5.32 Å². The van der Waals surface area contributed by atoms with E-state index in [0.29, 0.717) is 11.3 Å². The van der Waals surface area contributed by atoms with Crippen LogP contribution in [-0.4, -0.2) is 20.6 Å². The topological polar surface area (TPSA) is 66.5 Å². The SMILES string of the molecule is CCC(NC(=O)c1ccc(CN(c2ccc(C)c(C)c2)S(C)(=O)=O)cc1)c1ccccc1. The van der Waals surface area contributed by atoms with Crippen LogP contribution < -0.4 is 9.62 Å². The first kappa shape index (κ1) is 23.5. The maximum Gasteiger partial charge on any atom is 0.251 e. The molecule has 1 unspecified atom stereocenters. The van der Waals surface area contributed by atoms with E-state index in [2.05, 4.69) is 5.32 Å². The molecule has 3 aromatic rings.